The Balaban J connectivity index is 1.26. The summed E-state index contributed by atoms with van der Waals surface area (Å²) in [5.74, 6) is 1.42. The van der Waals surface area contributed by atoms with Crippen molar-refractivity contribution in [1.82, 2.24) is 4.90 Å². The third kappa shape index (κ3) is 4.37. The number of quaternary nitrogens is 1. The number of amides is 1. The average molecular weight is 364 g/mol. The summed E-state index contributed by atoms with van der Waals surface area (Å²) in [4.78, 5) is 21.7. The van der Waals surface area contributed by atoms with E-state index in [-0.39, 0.29) is 0 Å². The summed E-state index contributed by atoms with van der Waals surface area (Å²) in [6.45, 7) is 5.97. The molecule has 1 atom stereocenters. The van der Waals surface area contributed by atoms with Crippen LogP contribution < -0.4 is 14.8 Å². The molecule has 2 aromatic rings. The van der Waals surface area contributed by atoms with E-state index in [1.807, 2.05) is 23.2 Å². The van der Waals surface area contributed by atoms with Gasteiger partial charge in [0.1, 0.15) is 13.1 Å². The van der Waals surface area contributed by atoms with Gasteiger partial charge in [-0.05, 0) is 23.3 Å². The highest BCUT2D eigenvalue weighted by atomic mass is 16.2. The van der Waals surface area contributed by atoms with E-state index in [1.165, 1.54) is 16.0 Å². The number of anilines is 1. The van der Waals surface area contributed by atoms with Crippen molar-refractivity contribution >= 4 is 17.3 Å². The summed E-state index contributed by atoms with van der Waals surface area (Å²) < 4.78 is 0. The normalized spacial score (nSPS) is 20.3. The van der Waals surface area contributed by atoms with Crippen molar-refractivity contribution in [2.24, 2.45) is 0 Å². The maximum atomic E-state index is 12.7. The van der Waals surface area contributed by atoms with Crippen LogP contribution in [0.5, 0.6) is 0 Å². The minimum absolute atomic E-state index is 0.290. The van der Waals surface area contributed by atoms with Gasteiger partial charge in [-0.25, -0.2) is 4.98 Å². The van der Waals surface area contributed by atoms with Crippen LogP contribution in [0, 0.1) is 0 Å². The zero-order valence-electron chi connectivity index (χ0n) is 15.7. The number of carbonyl (C=O) groups excluding carboxylic acids is 1. The minimum Gasteiger partial charge on any atom is -0.330 e. The Hall–Kier alpha value is -2.66. The Morgan fingerprint density at radius 3 is 2.44 bits per heavy atom. The summed E-state index contributed by atoms with van der Waals surface area (Å²) >= 11 is 0. The summed E-state index contributed by atoms with van der Waals surface area (Å²) in [6.07, 6.45) is 5.30. The van der Waals surface area contributed by atoms with Crippen LogP contribution in [0.2, 0.25) is 0 Å². The van der Waals surface area contributed by atoms with Crippen molar-refractivity contribution in [3.8, 4) is 0 Å². The second-order valence-corrected chi connectivity index (χ2v) is 7.34. The largest absolute Gasteiger partial charge is 0.330 e. The molecule has 0 aliphatic carbocycles. The molecule has 2 aliphatic rings. The molecule has 5 nitrogen and oxygen atoms in total. The maximum Gasteiger partial charge on any atom is 0.278 e. The van der Waals surface area contributed by atoms with Crippen LogP contribution in [0.15, 0.2) is 60.8 Å². The molecule has 0 bridgehead atoms. The van der Waals surface area contributed by atoms with Crippen molar-refractivity contribution in [3.05, 3.63) is 66.4 Å². The van der Waals surface area contributed by atoms with Gasteiger partial charge in [0.05, 0.1) is 32.4 Å². The highest BCUT2D eigenvalue weighted by molar-refractivity contribution is 5.77. The number of carbonyl (C=O) groups is 1. The summed E-state index contributed by atoms with van der Waals surface area (Å²) in [6, 6.07) is 16.7. The second-order valence-electron chi connectivity index (χ2n) is 7.34. The first-order chi connectivity index (χ1) is 13.3. The number of hydrogen-bond donors (Lipinski definition) is 1. The molecule has 1 amide bonds. The van der Waals surface area contributed by atoms with E-state index in [1.54, 1.807) is 0 Å². The van der Waals surface area contributed by atoms with Crippen molar-refractivity contribution in [3.63, 3.8) is 0 Å². The van der Waals surface area contributed by atoms with E-state index in [0.29, 0.717) is 12.5 Å². The number of H-pyrrole nitrogens is 1. The zero-order chi connectivity index (χ0) is 18.5. The molecule has 0 saturated carbocycles. The van der Waals surface area contributed by atoms with E-state index < -0.39 is 0 Å². The number of nitrogens with one attached hydrogen (secondary N) is 2. The van der Waals surface area contributed by atoms with Crippen molar-refractivity contribution in [2.75, 3.05) is 50.7 Å². The fourth-order valence-electron chi connectivity index (χ4n) is 3.96. The molecule has 0 radical (unpaired) electrons. The molecule has 140 valence electrons. The fraction of sp³-hybridized carbons (Fsp3) is 0.364. The summed E-state index contributed by atoms with van der Waals surface area (Å²) in [5, 5.41) is 0. The van der Waals surface area contributed by atoms with E-state index in [2.05, 4.69) is 52.4 Å². The molecule has 1 unspecified atom stereocenters. The predicted octanol–water partition coefficient (Wildman–Crippen LogP) is 0.522. The third-order valence-electron chi connectivity index (χ3n) is 5.60. The number of nitrogens with zero attached hydrogens (tertiary/aromatic N) is 2. The van der Waals surface area contributed by atoms with Crippen LogP contribution in [0.4, 0.5) is 5.82 Å². The quantitative estimate of drug-likeness (QED) is 0.860. The summed E-state index contributed by atoms with van der Waals surface area (Å²) in [7, 11) is 0. The molecule has 1 aromatic carbocycles. The maximum absolute atomic E-state index is 12.7. The molecule has 5 heteroatoms. The fourth-order valence-corrected chi connectivity index (χ4v) is 3.96. The van der Waals surface area contributed by atoms with Gasteiger partial charge in [-0.3, -0.25) is 9.69 Å². The van der Waals surface area contributed by atoms with Crippen LogP contribution in [0.1, 0.15) is 12.0 Å². The Bertz CT molecular complexity index is 782. The predicted molar refractivity (Wildman–Crippen MR) is 106 cm³/mol. The first-order valence-corrected chi connectivity index (χ1v) is 9.87. The van der Waals surface area contributed by atoms with E-state index >= 15 is 0 Å². The summed E-state index contributed by atoms with van der Waals surface area (Å²) in [5.41, 5.74) is 2.73. The van der Waals surface area contributed by atoms with Crippen LogP contribution in [-0.2, 0) is 4.79 Å². The van der Waals surface area contributed by atoms with Crippen molar-refractivity contribution in [1.29, 1.82) is 0 Å². The number of rotatable bonds is 4. The lowest BCUT2D eigenvalue weighted by molar-refractivity contribution is -0.887. The van der Waals surface area contributed by atoms with Crippen LogP contribution in [0.3, 0.4) is 0 Å². The highest BCUT2D eigenvalue weighted by Crippen LogP contribution is 2.17. The number of hydrogen-bond acceptors (Lipinski definition) is 2. The number of benzene rings is 1. The lowest BCUT2D eigenvalue weighted by Gasteiger charge is -2.32. The molecule has 3 heterocycles. The topological polar surface area (TPSA) is 42.1 Å². The highest BCUT2D eigenvalue weighted by Gasteiger charge is 2.28. The van der Waals surface area contributed by atoms with E-state index in [4.69, 9.17) is 0 Å². The van der Waals surface area contributed by atoms with Crippen molar-refractivity contribution in [2.45, 2.75) is 6.42 Å². The third-order valence-corrected chi connectivity index (χ3v) is 5.60. The number of piperazine rings is 1. The molecular weight excluding hydrogens is 336 g/mol. The van der Waals surface area contributed by atoms with Crippen molar-refractivity contribution < 1.29 is 14.7 Å². The van der Waals surface area contributed by atoms with Crippen LogP contribution in [0.25, 0.3) is 5.57 Å². The van der Waals surface area contributed by atoms with Gasteiger partial charge in [0.2, 0.25) is 0 Å². The van der Waals surface area contributed by atoms with Gasteiger partial charge in [0.15, 0.2) is 6.54 Å². The Morgan fingerprint density at radius 1 is 1.00 bits per heavy atom. The standard InChI is InChI=1S/C22H26N4O/c27-22(26-16-14-25(15-17-26)21-8-4-5-11-23-21)18-24-12-9-20(10-13-24)19-6-2-1-3-7-19/h1-9,11H,10,12-18H2/p+2. The molecule has 27 heavy (non-hydrogen) atoms. The Kier molecular flexibility index (Phi) is 5.49. The average Bonchev–Trinajstić information content (AvgIpc) is 2.76. The van der Waals surface area contributed by atoms with E-state index in [0.717, 1.165) is 51.5 Å². The molecule has 2 aliphatic heterocycles. The van der Waals surface area contributed by atoms with Crippen LogP contribution >= 0.6 is 0 Å². The SMILES string of the molecule is O=C(C[NH+]1CC=C(c2ccccc2)CC1)N1CCN(c2cccc[nH+]2)CC1. The Labute approximate surface area is 160 Å². The zero-order valence-corrected chi connectivity index (χ0v) is 15.7. The molecule has 1 fully saturated rings. The molecular formula is C22H28N4O+2. The van der Waals surface area contributed by atoms with Gasteiger partial charge >= 0.3 is 0 Å². The van der Waals surface area contributed by atoms with Crippen LogP contribution in [-0.4, -0.2) is 56.6 Å². The monoisotopic (exact) mass is 364 g/mol. The van der Waals surface area contributed by atoms with Gasteiger partial charge in [0, 0.05) is 12.5 Å². The lowest BCUT2D eigenvalue weighted by Crippen LogP contribution is -3.13. The smallest absolute Gasteiger partial charge is 0.278 e. The molecule has 2 N–H and O–H groups in total. The molecule has 1 aromatic heterocycles. The van der Waals surface area contributed by atoms with Gasteiger partial charge in [-0.2, -0.15) is 0 Å². The van der Waals surface area contributed by atoms with Gasteiger partial charge in [-0.15, -0.1) is 0 Å². The molecule has 0 spiro atoms. The number of pyridine rings is 1. The lowest BCUT2D eigenvalue weighted by atomic mass is 9.99. The van der Waals surface area contributed by atoms with Gasteiger partial charge in [0.25, 0.3) is 11.7 Å². The first kappa shape index (κ1) is 17.7. The molecule has 4 rings (SSSR count). The van der Waals surface area contributed by atoms with Gasteiger partial charge < -0.3 is 9.80 Å². The van der Waals surface area contributed by atoms with Gasteiger partial charge in [-0.1, -0.05) is 36.4 Å². The number of aromatic amines is 1. The molecule has 1 saturated heterocycles. The van der Waals surface area contributed by atoms with E-state index in [9.17, 15) is 4.79 Å². The number of aromatic nitrogens is 1. The Morgan fingerprint density at radius 2 is 1.78 bits per heavy atom. The first-order valence-electron chi connectivity index (χ1n) is 9.87. The second kappa shape index (κ2) is 8.35. The minimum atomic E-state index is 0.290.